The molecule has 4 rings (SSSR count). The number of methoxy groups -OCH3 is 1. The van der Waals surface area contributed by atoms with Gasteiger partial charge in [-0.3, -0.25) is 5.32 Å². The van der Waals surface area contributed by atoms with Crippen LogP contribution in [0.25, 0.3) is 0 Å². The number of nitrogens with one attached hydrogen (secondary N) is 1. The summed E-state index contributed by atoms with van der Waals surface area (Å²) in [5.41, 5.74) is 2.87. The molecule has 31 heavy (non-hydrogen) atoms. The van der Waals surface area contributed by atoms with Gasteiger partial charge >= 0.3 is 0 Å². The summed E-state index contributed by atoms with van der Waals surface area (Å²) in [6.07, 6.45) is 0. The van der Waals surface area contributed by atoms with Crippen molar-refractivity contribution in [3.05, 3.63) is 93.5 Å². The number of nitrogens with two attached hydrogens (primary N) is 1. The number of thioether (sulfide) groups is 1. The van der Waals surface area contributed by atoms with E-state index >= 15 is 0 Å². The zero-order valence-electron chi connectivity index (χ0n) is 16.5. The Hall–Kier alpha value is -1.74. The Balaban J connectivity index is 1.82. The third-order valence-electron chi connectivity index (χ3n) is 5.31. The van der Waals surface area contributed by atoms with Gasteiger partial charge in [0.25, 0.3) is 0 Å². The summed E-state index contributed by atoms with van der Waals surface area (Å²) in [5.74, 6) is 0.587. The van der Waals surface area contributed by atoms with Gasteiger partial charge in [0.2, 0.25) is 10.0 Å². The van der Waals surface area contributed by atoms with E-state index in [-0.39, 0.29) is 10.3 Å². The van der Waals surface area contributed by atoms with Gasteiger partial charge in [0.1, 0.15) is 5.75 Å². The molecule has 162 valence electrons. The van der Waals surface area contributed by atoms with Crippen LogP contribution in [0.5, 0.6) is 5.75 Å². The van der Waals surface area contributed by atoms with Crippen molar-refractivity contribution in [1.82, 2.24) is 5.32 Å². The van der Waals surface area contributed by atoms with Crippen LogP contribution in [0, 0.1) is 0 Å². The van der Waals surface area contributed by atoms with Gasteiger partial charge in [-0.15, -0.1) is 11.8 Å². The van der Waals surface area contributed by atoms with Crippen molar-refractivity contribution in [3.63, 3.8) is 0 Å². The van der Waals surface area contributed by atoms with Crippen LogP contribution in [-0.4, -0.2) is 22.1 Å². The molecule has 1 saturated heterocycles. The zero-order valence-corrected chi connectivity index (χ0v) is 19.7. The lowest BCUT2D eigenvalue weighted by Gasteiger charge is -2.30. The fourth-order valence-electron chi connectivity index (χ4n) is 3.72. The van der Waals surface area contributed by atoms with E-state index in [1.807, 2.05) is 42.5 Å². The molecule has 2 unspecified atom stereocenters. The number of hydrogen-bond acceptors (Lipinski definition) is 5. The van der Waals surface area contributed by atoms with Gasteiger partial charge in [-0.1, -0.05) is 59.6 Å². The van der Waals surface area contributed by atoms with E-state index in [9.17, 15) is 8.42 Å². The Morgan fingerprint density at radius 3 is 2.32 bits per heavy atom. The molecule has 0 saturated carbocycles. The Morgan fingerprint density at radius 2 is 1.71 bits per heavy atom. The maximum Gasteiger partial charge on any atom is 0.238 e. The van der Waals surface area contributed by atoms with Crippen LogP contribution in [0.1, 0.15) is 22.1 Å². The molecular weight excluding hydrogens is 475 g/mol. The molecule has 9 heteroatoms. The van der Waals surface area contributed by atoms with E-state index in [0.717, 1.165) is 16.7 Å². The topological polar surface area (TPSA) is 81.4 Å². The lowest BCUT2D eigenvalue weighted by molar-refractivity contribution is 0.414. The minimum Gasteiger partial charge on any atom is -0.495 e. The molecule has 0 aliphatic carbocycles. The SMILES string of the molecule is COc1ccc(C2(c3ccc(S(N)(=O)=O)cc3)CNC(c3ccccc3Cl)S2)cc1Cl. The first-order valence-electron chi connectivity index (χ1n) is 9.37. The average molecular weight is 495 g/mol. The van der Waals surface area contributed by atoms with Gasteiger partial charge in [0.05, 0.1) is 27.1 Å². The Kier molecular flexibility index (Phi) is 6.27. The number of hydrogen-bond donors (Lipinski definition) is 2. The van der Waals surface area contributed by atoms with Crippen LogP contribution < -0.4 is 15.2 Å². The summed E-state index contributed by atoms with van der Waals surface area (Å²) in [7, 11) is -2.21. The molecule has 0 aromatic heterocycles. The Labute approximate surface area is 195 Å². The first kappa shape index (κ1) is 22.5. The molecule has 0 radical (unpaired) electrons. The van der Waals surface area contributed by atoms with Crippen molar-refractivity contribution < 1.29 is 13.2 Å². The predicted molar refractivity (Wildman–Crippen MR) is 126 cm³/mol. The van der Waals surface area contributed by atoms with Crippen LogP contribution in [-0.2, 0) is 14.8 Å². The predicted octanol–water partition coefficient (Wildman–Crippen LogP) is 4.93. The third-order valence-corrected chi connectivity index (χ3v) is 8.55. The van der Waals surface area contributed by atoms with Crippen molar-refractivity contribution in [2.24, 2.45) is 5.14 Å². The standard InChI is InChI=1S/C22H20Cl2N2O3S2/c1-29-20-11-8-15(12-19(20)24)22(14-6-9-16(10-7-14)31(25,27)28)13-26-21(30-22)17-4-2-3-5-18(17)23/h2-12,21,26H,13H2,1H3,(H2,25,27,28). The van der Waals surface area contributed by atoms with Gasteiger partial charge in [-0.25, -0.2) is 13.6 Å². The summed E-state index contributed by atoms with van der Waals surface area (Å²) >= 11 is 14.6. The van der Waals surface area contributed by atoms with Crippen molar-refractivity contribution in [2.45, 2.75) is 15.0 Å². The molecule has 2 atom stereocenters. The highest BCUT2D eigenvalue weighted by Gasteiger charge is 2.44. The largest absolute Gasteiger partial charge is 0.495 e. The summed E-state index contributed by atoms with van der Waals surface area (Å²) in [4.78, 5) is 0.0674. The van der Waals surface area contributed by atoms with E-state index < -0.39 is 14.8 Å². The first-order valence-corrected chi connectivity index (χ1v) is 12.6. The lowest BCUT2D eigenvalue weighted by atomic mass is 9.90. The monoisotopic (exact) mass is 494 g/mol. The highest BCUT2D eigenvalue weighted by molar-refractivity contribution is 8.00. The summed E-state index contributed by atoms with van der Waals surface area (Å²) in [5, 5.41) is 9.96. The molecule has 0 amide bonds. The molecule has 0 bridgehead atoms. The quantitative estimate of drug-likeness (QED) is 0.525. The number of rotatable bonds is 5. The van der Waals surface area contributed by atoms with Crippen molar-refractivity contribution in [3.8, 4) is 5.75 Å². The number of ether oxygens (including phenoxy) is 1. The Morgan fingerprint density at radius 1 is 1.03 bits per heavy atom. The molecule has 0 spiro atoms. The molecule has 1 heterocycles. The van der Waals surface area contributed by atoms with Crippen LogP contribution in [0.4, 0.5) is 0 Å². The second-order valence-electron chi connectivity index (χ2n) is 7.15. The molecule has 5 nitrogen and oxygen atoms in total. The summed E-state index contributed by atoms with van der Waals surface area (Å²) in [6.45, 7) is 0.588. The molecule has 3 aromatic carbocycles. The maximum atomic E-state index is 11.7. The van der Waals surface area contributed by atoms with Crippen molar-refractivity contribution in [2.75, 3.05) is 13.7 Å². The molecular formula is C22H20Cl2N2O3S2. The average Bonchev–Trinajstić information content (AvgIpc) is 3.20. The van der Waals surface area contributed by atoms with Crippen LogP contribution in [0.3, 0.4) is 0 Å². The molecule has 1 aliphatic heterocycles. The van der Waals surface area contributed by atoms with Gasteiger partial charge in [-0.2, -0.15) is 0 Å². The molecule has 1 aliphatic rings. The highest BCUT2D eigenvalue weighted by Crippen LogP contribution is 2.54. The van der Waals surface area contributed by atoms with E-state index in [2.05, 4.69) is 5.32 Å². The smallest absolute Gasteiger partial charge is 0.238 e. The number of halogens is 2. The van der Waals surface area contributed by atoms with E-state index in [0.29, 0.717) is 22.3 Å². The number of primary sulfonamides is 1. The second-order valence-corrected chi connectivity index (χ2v) is 10.9. The first-order chi connectivity index (χ1) is 14.7. The van der Waals surface area contributed by atoms with E-state index in [4.69, 9.17) is 33.1 Å². The zero-order chi connectivity index (χ0) is 22.2. The van der Waals surface area contributed by atoms with Crippen molar-refractivity contribution >= 4 is 45.0 Å². The van der Waals surface area contributed by atoms with Crippen molar-refractivity contribution in [1.29, 1.82) is 0 Å². The van der Waals surface area contributed by atoms with Crippen LogP contribution >= 0.6 is 35.0 Å². The number of sulfonamides is 1. The fraction of sp³-hybridized carbons (Fsp3) is 0.182. The lowest BCUT2D eigenvalue weighted by Crippen LogP contribution is -2.28. The van der Waals surface area contributed by atoms with Crippen LogP contribution in [0.2, 0.25) is 10.0 Å². The normalized spacial score (nSPS) is 21.2. The molecule has 3 aromatic rings. The van der Waals surface area contributed by atoms with E-state index in [1.165, 1.54) is 12.1 Å². The Bertz CT molecular complexity index is 1220. The number of benzene rings is 3. The highest BCUT2D eigenvalue weighted by atomic mass is 35.5. The molecule has 1 fully saturated rings. The van der Waals surface area contributed by atoms with E-state index in [1.54, 1.807) is 31.0 Å². The van der Waals surface area contributed by atoms with Gasteiger partial charge in [0, 0.05) is 11.6 Å². The van der Waals surface area contributed by atoms with Gasteiger partial charge in [-0.05, 0) is 47.0 Å². The second kappa shape index (κ2) is 8.65. The summed E-state index contributed by atoms with van der Waals surface area (Å²) < 4.78 is 28.2. The van der Waals surface area contributed by atoms with Gasteiger partial charge < -0.3 is 4.74 Å². The molecule has 3 N–H and O–H groups in total. The minimum atomic E-state index is -3.78. The summed E-state index contributed by atoms with van der Waals surface area (Å²) in [6, 6.07) is 20.0. The van der Waals surface area contributed by atoms with Crippen LogP contribution in [0.15, 0.2) is 71.6 Å². The fourth-order valence-corrected chi connectivity index (χ4v) is 6.41. The van der Waals surface area contributed by atoms with Gasteiger partial charge in [0.15, 0.2) is 0 Å². The third kappa shape index (κ3) is 4.31. The maximum absolute atomic E-state index is 11.7. The minimum absolute atomic E-state index is 0.0625.